The summed E-state index contributed by atoms with van der Waals surface area (Å²) in [5.74, 6) is 0.815. The molecular formula is C21H23NO4. The lowest BCUT2D eigenvalue weighted by molar-refractivity contribution is -0.134. The van der Waals surface area contributed by atoms with E-state index in [0.717, 1.165) is 18.4 Å². The normalized spacial score (nSPS) is 13.2. The Kier molecular flexibility index (Phi) is 5.56. The molecule has 0 N–H and O–H groups in total. The van der Waals surface area contributed by atoms with Gasteiger partial charge in [0.25, 0.3) is 5.91 Å². The zero-order valence-corrected chi connectivity index (χ0v) is 15.1. The van der Waals surface area contributed by atoms with Gasteiger partial charge in [0.05, 0.1) is 7.11 Å². The van der Waals surface area contributed by atoms with Crippen LogP contribution in [0.2, 0.25) is 0 Å². The summed E-state index contributed by atoms with van der Waals surface area (Å²) >= 11 is 0. The molecule has 1 aliphatic carbocycles. The van der Waals surface area contributed by atoms with Crippen LogP contribution in [0.3, 0.4) is 0 Å². The molecule has 0 radical (unpaired) electrons. The minimum Gasteiger partial charge on any atom is -0.493 e. The number of amides is 1. The van der Waals surface area contributed by atoms with Crippen LogP contribution in [0, 0.1) is 0 Å². The van der Waals surface area contributed by atoms with Crippen molar-refractivity contribution >= 4 is 11.7 Å². The minimum atomic E-state index is -0.0564. The van der Waals surface area contributed by atoms with Gasteiger partial charge in [0, 0.05) is 18.2 Å². The van der Waals surface area contributed by atoms with Gasteiger partial charge in [-0.25, -0.2) is 0 Å². The average Bonchev–Trinajstić information content (AvgIpc) is 3.49. The van der Waals surface area contributed by atoms with Gasteiger partial charge in [-0.05, 0) is 43.5 Å². The maximum absolute atomic E-state index is 12.7. The molecule has 0 spiro atoms. The summed E-state index contributed by atoms with van der Waals surface area (Å²) in [6.07, 6.45) is 2.07. The van der Waals surface area contributed by atoms with Crippen molar-refractivity contribution in [3.63, 3.8) is 0 Å². The highest BCUT2D eigenvalue weighted by Gasteiger charge is 2.32. The van der Waals surface area contributed by atoms with Crippen LogP contribution in [0.15, 0.2) is 48.5 Å². The zero-order chi connectivity index (χ0) is 18.5. The Bertz CT molecular complexity index is 784. The molecule has 0 heterocycles. The lowest BCUT2D eigenvalue weighted by Crippen LogP contribution is -2.36. The zero-order valence-electron chi connectivity index (χ0n) is 15.1. The summed E-state index contributed by atoms with van der Waals surface area (Å²) in [4.78, 5) is 26.0. The second kappa shape index (κ2) is 8.04. The van der Waals surface area contributed by atoms with Gasteiger partial charge in [-0.2, -0.15) is 0 Å². The number of ether oxygens (including phenoxy) is 2. The molecule has 1 saturated carbocycles. The lowest BCUT2D eigenvalue weighted by Gasteiger charge is -2.23. The van der Waals surface area contributed by atoms with Crippen LogP contribution < -0.4 is 9.47 Å². The fourth-order valence-electron chi connectivity index (χ4n) is 2.82. The van der Waals surface area contributed by atoms with Crippen molar-refractivity contribution in [2.45, 2.75) is 32.4 Å². The molecule has 0 unspecified atom stereocenters. The first-order valence-electron chi connectivity index (χ1n) is 8.73. The molecule has 1 aliphatic rings. The SMILES string of the molecule is COc1cc(C(C)=O)ccc1OCC(=O)N(Cc1ccccc1)C1CC1. The van der Waals surface area contributed by atoms with Gasteiger partial charge in [-0.15, -0.1) is 0 Å². The van der Waals surface area contributed by atoms with Crippen LogP contribution in [0.25, 0.3) is 0 Å². The van der Waals surface area contributed by atoms with E-state index in [1.807, 2.05) is 35.2 Å². The molecule has 2 aromatic carbocycles. The first-order valence-corrected chi connectivity index (χ1v) is 8.73. The standard InChI is InChI=1S/C21H23NO4/c1-15(23)17-8-11-19(20(12-17)25-2)26-14-21(24)22(18-9-10-18)13-16-6-4-3-5-7-16/h3-8,11-12,18H,9-10,13-14H2,1-2H3. The maximum Gasteiger partial charge on any atom is 0.261 e. The van der Waals surface area contributed by atoms with Crippen LogP contribution in [-0.4, -0.2) is 36.3 Å². The number of methoxy groups -OCH3 is 1. The van der Waals surface area contributed by atoms with Gasteiger partial charge in [0.1, 0.15) is 0 Å². The molecule has 1 amide bonds. The summed E-state index contributed by atoms with van der Waals surface area (Å²) in [6, 6.07) is 15.2. The van der Waals surface area contributed by atoms with Gasteiger partial charge in [0.2, 0.25) is 0 Å². The van der Waals surface area contributed by atoms with Crippen molar-refractivity contribution in [2.24, 2.45) is 0 Å². The second-order valence-electron chi connectivity index (χ2n) is 6.45. The Morgan fingerprint density at radius 1 is 1.08 bits per heavy atom. The van der Waals surface area contributed by atoms with E-state index in [1.165, 1.54) is 14.0 Å². The van der Waals surface area contributed by atoms with Crippen LogP contribution in [0.5, 0.6) is 11.5 Å². The van der Waals surface area contributed by atoms with Crippen molar-refractivity contribution in [3.05, 3.63) is 59.7 Å². The molecule has 1 fully saturated rings. The quantitative estimate of drug-likeness (QED) is 0.682. The molecule has 0 atom stereocenters. The molecule has 0 saturated heterocycles. The Balaban J connectivity index is 1.66. The number of hydrogen-bond acceptors (Lipinski definition) is 4. The Morgan fingerprint density at radius 2 is 1.81 bits per heavy atom. The summed E-state index contributed by atoms with van der Waals surface area (Å²) in [6.45, 7) is 2.03. The van der Waals surface area contributed by atoms with E-state index in [-0.39, 0.29) is 18.3 Å². The van der Waals surface area contributed by atoms with Crippen molar-refractivity contribution in [3.8, 4) is 11.5 Å². The number of rotatable bonds is 8. The minimum absolute atomic E-state index is 0.0472. The summed E-state index contributed by atoms with van der Waals surface area (Å²) in [7, 11) is 1.51. The molecule has 0 bridgehead atoms. The second-order valence-corrected chi connectivity index (χ2v) is 6.45. The smallest absolute Gasteiger partial charge is 0.261 e. The van der Waals surface area contributed by atoms with Gasteiger partial charge < -0.3 is 14.4 Å². The number of ketones is 1. The Morgan fingerprint density at radius 3 is 2.42 bits per heavy atom. The van der Waals surface area contributed by atoms with Crippen molar-refractivity contribution in [2.75, 3.05) is 13.7 Å². The molecule has 2 aromatic rings. The monoisotopic (exact) mass is 353 g/mol. The number of carbonyl (C=O) groups is 2. The molecule has 5 nitrogen and oxygen atoms in total. The summed E-state index contributed by atoms with van der Waals surface area (Å²) < 4.78 is 11.0. The third kappa shape index (κ3) is 4.42. The third-order valence-electron chi connectivity index (χ3n) is 4.43. The predicted molar refractivity (Wildman–Crippen MR) is 98.5 cm³/mol. The van der Waals surface area contributed by atoms with Crippen LogP contribution >= 0.6 is 0 Å². The number of benzene rings is 2. The highest BCUT2D eigenvalue weighted by atomic mass is 16.5. The van der Waals surface area contributed by atoms with E-state index >= 15 is 0 Å². The summed E-state index contributed by atoms with van der Waals surface area (Å²) in [5.41, 5.74) is 1.65. The van der Waals surface area contributed by atoms with Gasteiger partial charge >= 0.3 is 0 Å². The molecule has 5 heteroatoms. The van der Waals surface area contributed by atoms with Gasteiger partial charge in [-0.3, -0.25) is 9.59 Å². The van der Waals surface area contributed by atoms with E-state index in [2.05, 4.69) is 0 Å². The first-order chi connectivity index (χ1) is 12.6. The fraction of sp³-hybridized carbons (Fsp3) is 0.333. The largest absolute Gasteiger partial charge is 0.493 e. The van der Waals surface area contributed by atoms with Crippen molar-refractivity contribution in [1.29, 1.82) is 0 Å². The Hall–Kier alpha value is -2.82. The number of hydrogen-bond donors (Lipinski definition) is 0. The average molecular weight is 353 g/mol. The van der Waals surface area contributed by atoms with E-state index < -0.39 is 0 Å². The van der Waals surface area contributed by atoms with Gasteiger partial charge in [0.15, 0.2) is 23.9 Å². The van der Waals surface area contributed by atoms with Crippen molar-refractivity contribution in [1.82, 2.24) is 4.90 Å². The van der Waals surface area contributed by atoms with E-state index in [9.17, 15) is 9.59 Å². The van der Waals surface area contributed by atoms with E-state index in [1.54, 1.807) is 18.2 Å². The molecule has 136 valence electrons. The molecule has 0 aliphatic heterocycles. The Labute approximate surface area is 153 Å². The highest BCUT2D eigenvalue weighted by molar-refractivity contribution is 5.94. The van der Waals surface area contributed by atoms with Gasteiger partial charge in [-0.1, -0.05) is 30.3 Å². The van der Waals surface area contributed by atoms with Crippen LogP contribution in [0.4, 0.5) is 0 Å². The lowest BCUT2D eigenvalue weighted by atomic mass is 10.1. The topological polar surface area (TPSA) is 55.8 Å². The number of carbonyl (C=O) groups excluding carboxylic acids is 2. The number of Topliss-reactive ketones (excluding diaryl/α,β-unsaturated/α-hetero) is 1. The summed E-state index contributed by atoms with van der Waals surface area (Å²) in [5, 5.41) is 0. The van der Waals surface area contributed by atoms with Crippen molar-refractivity contribution < 1.29 is 19.1 Å². The van der Waals surface area contributed by atoms with Crippen LogP contribution in [0.1, 0.15) is 35.7 Å². The molecule has 0 aromatic heterocycles. The number of nitrogens with zero attached hydrogens (tertiary/aromatic N) is 1. The van der Waals surface area contributed by atoms with E-state index in [0.29, 0.717) is 29.6 Å². The third-order valence-corrected chi connectivity index (χ3v) is 4.43. The highest BCUT2D eigenvalue weighted by Crippen LogP contribution is 2.30. The first kappa shape index (κ1) is 18.0. The van der Waals surface area contributed by atoms with E-state index in [4.69, 9.17) is 9.47 Å². The fourth-order valence-corrected chi connectivity index (χ4v) is 2.82. The maximum atomic E-state index is 12.7. The molecule has 3 rings (SSSR count). The van der Waals surface area contributed by atoms with Crippen LogP contribution in [-0.2, 0) is 11.3 Å². The molecule has 26 heavy (non-hydrogen) atoms. The predicted octanol–water partition coefficient (Wildman–Crippen LogP) is 3.47. The molecular weight excluding hydrogens is 330 g/mol.